The maximum atomic E-state index is 12.2. The summed E-state index contributed by atoms with van der Waals surface area (Å²) in [6.07, 6.45) is 4.83. The topological polar surface area (TPSA) is 39.2 Å². The number of Topliss-reactive ketones (excluding diaryl/α,β-unsaturated/α-hetero) is 1. The Morgan fingerprint density at radius 3 is 2.65 bits per heavy atom. The molecule has 0 saturated carbocycles. The van der Waals surface area contributed by atoms with Crippen LogP contribution in [-0.2, 0) is 6.42 Å². The molecule has 0 fully saturated rings. The second-order valence-electron chi connectivity index (χ2n) is 4.97. The minimum atomic E-state index is 0.108. The van der Waals surface area contributed by atoms with E-state index in [4.69, 9.17) is 4.74 Å². The van der Waals surface area contributed by atoms with Crippen molar-refractivity contribution in [3.05, 3.63) is 59.9 Å². The van der Waals surface area contributed by atoms with E-state index >= 15 is 0 Å². The molecule has 0 aliphatic rings. The zero-order valence-electron chi connectivity index (χ0n) is 11.9. The van der Waals surface area contributed by atoms with Gasteiger partial charge in [0, 0.05) is 24.4 Å². The number of hydrogen-bond donors (Lipinski definition) is 0. The molecule has 0 aliphatic heterocycles. The molecule has 0 amide bonds. The highest BCUT2D eigenvalue weighted by atomic mass is 16.5. The van der Waals surface area contributed by atoms with Crippen LogP contribution in [-0.4, -0.2) is 16.9 Å². The summed E-state index contributed by atoms with van der Waals surface area (Å²) in [4.78, 5) is 16.2. The van der Waals surface area contributed by atoms with E-state index in [0.717, 1.165) is 17.7 Å². The second-order valence-corrected chi connectivity index (χ2v) is 4.97. The average Bonchev–Trinajstić information content (AvgIpc) is 2.45. The number of ether oxygens (including phenoxy) is 1. The SMILES string of the molecule is CC(C)Oc1cccc(C(=O)CCc2ccncc2)c1. The molecule has 1 aromatic heterocycles. The van der Waals surface area contributed by atoms with Crippen molar-refractivity contribution in [3.8, 4) is 5.75 Å². The van der Waals surface area contributed by atoms with Crippen LogP contribution < -0.4 is 4.74 Å². The highest BCUT2D eigenvalue weighted by molar-refractivity contribution is 5.96. The van der Waals surface area contributed by atoms with Crippen molar-refractivity contribution in [2.75, 3.05) is 0 Å². The van der Waals surface area contributed by atoms with Crippen molar-refractivity contribution in [3.63, 3.8) is 0 Å². The zero-order valence-corrected chi connectivity index (χ0v) is 11.9. The number of aryl methyl sites for hydroxylation is 1. The molecule has 3 nitrogen and oxygen atoms in total. The van der Waals surface area contributed by atoms with Gasteiger partial charge in [0.2, 0.25) is 0 Å². The van der Waals surface area contributed by atoms with Gasteiger partial charge in [0.05, 0.1) is 6.10 Å². The molecule has 1 aromatic carbocycles. The average molecular weight is 269 g/mol. The summed E-state index contributed by atoms with van der Waals surface area (Å²) >= 11 is 0. The van der Waals surface area contributed by atoms with E-state index in [9.17, 15) is 4.79 Å². The highest BCUT2D eigenvalue weighted by Gasteiger charge is 2.08. The van der Waals surface area contributed by atoms with Crippen molar-refractivity contribution in [1.29, 1.82) is 0 Å². The molecule has 0 atom stereocenters. The van der Waals surface area contributed by atoms with Crippen LogP contribution in [0, 0.1) is 0 Å². The Balaban J connectivity index is 1.98. The third kappa shape index (κ3) is 4.19. The number of benzene rings is 1. The maximum Gasteiger partial charge on any atom is 0.163 e. The van der Waals surface area contributed by atoms with E-state index in [-0.39, 0.29) is 11.9 Å². The summed E-state index contributed by atoms with van der Waals surface area (Å²) in [6.45, 7) is 3.94. The monoisotopic (exact) mass is 269 g/mol. The summed E-state index contributed by atoms with van der Waals surface area (Å²) < 4.78 is 5.61. The Bertz CT molecular complexity index is 564. The molecule has 2 rings (SSSR count). The lowest BCUT2D eigenvalue weighted by Crippen LogP contribution is -2.07. The lowest BCUT2D eigenvalue weighted by atomic mass is 10.0. The fourth-order valence-corrected chi connectivity index (χ4v) is 1.97. The number of ketones is 1. The van der Waals surface area contributed by atoms with Gasteiger partial charge in [0.15, 0.2) is 5.78 Å². The van der Waals surface area contributed by atoms with Gasteiger partial charge in [0.1, 0.15) is 5.75 Å². The predicted octanol–water partition coefficient (Wildman–Crippen LogP) is 3.68. The standard InChI is InChI=1S/C17H19NO2/c1-13(2)20-16-5-3-4-15(12-16)17(19)7-6-14-8-10-18-11-9-14/h3-5,8-13H,6-7H2,1-2H3. The van der Waals surface area contributed by atoms with E-state index in [1.807, 2.05) is 50.2 Å². The molecule has 104 valence electrons. The Morgan fingerprint density at radius 1 is 1.20 bits per heavy atom. The third-order valence-electron chi connectivity index (χ3n) is 2.92. The van der Waals surface area contributed by atoms with Crippen LogP contribution in [0.2, 0.25) is 0 Å². The summed E-state index contributed by atoms with van der Waals surface area (Å²) in [5.41, 5.74) is 1.83. The van der Waals surface area contributed by atoms with Crippen molar-refractivity contribution < 1.29 is 9.53 Å². The zero-order chi connectivity index (χ0) is 14.4. The number of pyridine rings is 1. The van der Waals surface area contributed by atoms with Crippen LogP contribution in [0.1, 0.15) is 36.2 Å². The number of carbonyl (C=O) groups is 1. The van der Waals surface area contributed by atoms with Crippen molar-refractivity contribution >= 4 is 5.78 Å². The summed E-state index contributed by atoms with van der Waals surface area (Å²) in [5.74, 6) is 0.880. The van der Waals surface area contributed by atoms with Crippen LogP contribution in [0.3, 0.4) is 0 Å². The number of nitrogens with zero attached hydrogens (tertiary/aromatic N) is 1. The molecule has 20 heavy (non-hydrogen) atoms. The first-order valence-electron chi connectivity index (χ1n) is 6.84. The molecule has 0 N–H and O–H groups in total. The largest absolute Gasteiger partial charge is 0.491 e. The van der Waals surface area contributed by atoms with Gasteiger partial charge in [-0.15, -0.1) is 0 Å². The van der Waals surface area contributed by atoms with Gasteiger partial charge in [-0.25, -0.2) is 0 Å². The molecule has 2 aromatic rings. The molecule has 0 aliphatic carbocycles. The van der Waals surface area contributed by atoms with E-state index < -0.39 is 0 Å². The molecule has 0 bridgehead atoms. The summed E-state index contributed by atoms with van der Waals surface area (Å²) in [5, 5.41) is 0. The molecule has 3 heteroatoms. The van der Waals surface area contributed by atoms with E-state index in [2.05, 4.69) is 4.98 Å². The predicted molar refractivity (Wildman–Crippen MR) is 79.1 cm³/mol. The minimum absolute atomic E-state index is 0.108. The van der Waals surface area contributed by atoms with E-state index in [1.54, 1.807) is 12.4 Å². The third-order valence-corrected chi connectivity index (χ3v) is 2.92. The van der Waals surface area contributed by atoms with Gasteiger partial charge < -0.3 is 4.74 Å². The van der Waals surface area contributed by atoms with Gasteiger partial charge in [-0.05, 0) is 50.1 Å². The highest BCUT2D eigenvalue weighted by Crippen LogP contribution is 2.17. The first kappa shape index (κ1) is 14.3. The second kappa shape index (κ2) is 6.85. The number of hydrogen-bond acceptors (Lipinski definition) is 3. The number of carbonyl (C=O) groups excluding carboxylic acids is 1. The minimum Gasteiger partial charge on any atom is -0.491 e. The Hall–Kier alpha value is -2.16. The Labute approximate surface area is 119 Å². The summed E-state index contributed by atoms with van der Waals surface area (Å²) in [6, 6.07) is 11.3. The fourth-order valence-electron chi connectivity index (χ4n) is 1.97. The molecule has 0 spiro atoms. The smallest absolute Gasteiger partial charge is 0.163 e. The molecule has 0 radical (unpaired) electrons. The van der Waals surface area contributed by atoms with Crippen molar-refractivity contribution in [2.24, 2.45) is 0 Å². The first-order valence-corrected chi connectivity index (χ1v) is 6.84. The van der Waals surface area contributed by atoms with Crippen LogP contribution in [0.15, 0.2) is 48.8 Å². The maximum absolute atomic E-state index is 12.2. The number of rotatable bonds is 6. The molecular formula is C17H19NO2. The Morgan fingerprint density at radius 2 is 1.95 bits per heavy atom. The van der Waals surface area contributed by atoms with Crippen molar-refractivity contribution in [2.45, 2.75) is 32.8 Å². The lowest BCUT2D eigenvalue weighted by molar-refractivity contribution is 0.0982. The van der Waals surface area contributed by atoms with Crippen LogP contribution in [0.4, 0.5) is 0 Å². The van der Waals surface area contributed by atoms with Crippen LogP contribution in [0.5, 0.6) is 5.75 Å². The quantitative estimate of drug-likeness (QED) is 0.751. The van der Waals surface area contributed by atoms with Gasteiger partial charge >= 0.3 is 0 Å². The molecule has 0 saturated heterocycles. The summed E-state index contributed by atoms with van der Waals surface area (Å²) in [7, 11) is 0. The Kier molecular flexibility index (Phi) is 4.88. The van der Waals surface area contributed by atoms with Crippen LogP contribution >= 0.6 is 0 Å². The first-order chi connectivity index (χ1) is 9.65. The van der Waals surface area contributed by atoms with Gasteiger partial charge in [-0.2, -0.15) is 0 Å². The van der Waals surface area contributed by atoms with E-state index in [1.165, 1.54) is 0 Å². The normalized spacial score (nSPS) is 10.6. The lowest BCUT2D eigenvalue weighted by Gasteiger charge is -2.10. The number of aromatic nitrogens is 1. The van der Waals surface area contributed by atoms with E-state index in [0.29, 0.717) is 12.0 Å². The van der Waals surface area contributed by atoms with Crippen LogP contribution in [0.25, 0.3) is 0 Å². The van der Waals surface area contributed by atoms with Crippen molar-refractivity contribution in [1.82, 2.24) is 4.98 Å². The molecule has 0 unspecified atom stereocenters. The van der Waals surface area contributed by atoms with Gasteiger partial charge in [0.25, 0.3) is 0 Å². The molecular weight excluding hydrogens is 250 g/mol. The fraction of sp³-hybridized carbons (Fsp3) is 0.294. The molecule has 1 heterocycles. The van der Waals surface area contributed by atoms with Gasteiger partial charge in [-0.3, -0.25) is 9.78 Å². The van der Waals surface area contributed by atoms with Gasteiger partial charge in [-0.1, -0.05) is 12.1 Å².